The predicted molar refractivity (Wildman–Crippen MR) is 92.0 cm³/mol. The zero-order chi connectivity index (χ0) is 17.0. The van der Waals surface area contributed by atoms with Gasteiger partial charge in [-0.25, -0.2) is 0 Å². The molecule has 0 amide bonds. The highest BCUT2D eigenvalue weighted by molar-refractivity contribution is 8.23. The lowest BCUT2D eigenvalue weighted by molar-refractivity contribution is -0.141. The Balaban J connectivity index is 1.98. The highest BCUT2D eigenvalue weighted by atomic mass is 32.0. The summed E-state index contributed by atoms with van der Waals surface area (Å²) < 4.78 is 11.0. The number of ether oxygens (including phenoxy) is 1. The molecule has 2 radical (unpaired) electrons. The summed E-state index contributed by atoms with van der Waals surface area (Å²) >= 11 is 0. The summed E-state index contributed by atoms with van der Waals surface area (Å²) in [4.78, 5) is 34.6. The summed E-state index contributed by atoms with van der Waals surface area (Å²) in [5.74, 6) is -0.224. The van der Waals surface area contributed by atoms with Gasteiger partial charge in [-0.05, 0) is 13.8 Å². The largest absolute Gasteiger partial charge is 0.462 e. The Kier molecular flexibility index (Phi) is 6.94. The number of fused-ring (bicyclic) bond motifs is 1. The number of Topliss-reactive ketones (excluding diaryl/α,β-unsaturated/α-hetero) is 1. The molecule has 0 bridgehead atoms. The molecule has 124 valence electrons. The first-order valence-electron chi connectivity index (χ1n) is 7.79. The van der Waals surface area contributed by atoms with Crippen molar-refractivity contribution in [1.29, 1.82) is 0 Å². The van der Waals surface area contributed by atoms with E-state index in [4.69, 9.17) is 16.8 Å². The second kappa shape index (κ2) is 8.51. The molecule has 5 nitrogen and oxygen atoms in total. The molecule has 1 aliphatic heterocycles. The van der Waals surface area contributed by atoms with Crippen LogP contribution in [0.2, 0.25) is 0 Å². The summed E-state index contributed by atoms with van der Waals surface area (Å²) in [6, 6.07) is 0. The van der Waals surface area contributed by atoms with Gasteiger partial charge in [0, 0.05) is 37.5 Å². The topological polar surface area (TPSA) is 69.7 Å². The average molecular weight is 354 g/mol. The van der Waals surface area contributed by atoms with E-state index in [-0.39, 0.29) is 54.4 Å². The van der Waals surface area contributed by atoms with E-state index >= 15 is 0 Å². The third-order valence-electron chi connectivity index (χ3n) is 4.36. The minimum atomic E-state index is -1.10. The van der Waals surface area contributed by atoms with E-state index in [1.54, 1.807) is 13.0 Å². The van der Waals surface area contributed by atoms with Crippen LogP contribution in [0.1, 0.15) is 39.0 Å². The number of esters is 1. The molecule has 1 heterocycles. The van der Waals surface area contributed by atoms with Crippen molar-refractivity contribution in [1.82, 2.24) is 0 Å². The number of hydrogen-bond acceptors (Lipinski definition) is 5. The number of allylic oxidation sites excluding steroid dienone is 1. The Hall–Kier alpha value is -0.565. The first kappa shape index (κ1) is 18.8. The van der Waals surface area contributed by atoms with Crippen molar-refractivity contribution in [2.24, 2.45) is 11.8 Å². The van der Waals surface area contributed by atoms with E-state index in [1.165, 1.54) is 6.08 Å². The number of rotatable bonds is 8. The number of carbonyl (C=O) groups excluding carboxylic acids is 3. The molecular weight excluding hydrogens is 333 g/mol. The van der Waals surface area contributed by atoms with E-state index in [0.29, 0.717) is 19.3 Å². The van der Waals surface area contributed by atoms with Gasteiger partial charge in [0.1, 0.15) is 11.9 Å². The van der Waals surface area contributed by atoms with Crippen LogP contribution in [-0.2, 0) is 23.6 Å². The molecule has 0 N–H and O–H groups in total. The van der Waals surface area contributed by atoms with Crippen LogP contribution < -0.4 is 0 Å². The van der Waals surface area contributed by atoms with E-state index in [9.17, 15) is 14.4 Å². The lowest BCUT2D eigenvalue weighted by Crippen LogP contribution is -2.19. The molecule has 0 aromatic rings. The van der Waals surface area contributed by atoms with Gasteiger partial charge in [-0.2, -0.15) is 0 Å². The molecule has 6 atom stereocenters. The van der Waals surface area contributed by atoms with E-state index in [0.717, 1.165) is 0 Å². The molecule has 8 heteroatoms. The van der Waals surface area contributed by atoms with Crippen molar-refractivity contribution in [3.05, 3.63) is 12.2 Å². The van der Waals surface area contributed by atoms with Crippen LogP contribution in [0.3, 0.4) is 0 Å². The van der Waals surface area contributed by atoms with Gasteiger partial charge in [-0.3, -0.25) is 14.4 Å². The van der Waals surface area contributed by atoms with Crippen molar-refractivity contribution in [3.63, 3.8) is 0 Å². The lowest BCUT2D eigenvalue weighted by atomic mass is 9.91. The van der Waals surface area contributed by atoms with Crippen LogP contribution >= 0.6 is 16.6 Å². The summed E-state index contributed by atoms with van der Waals surface area (Å²) in [6.07, 6.45) is 4.92. The Morgan fingerprint density at radius 2 is 2.22 bits per heavy atom. The molecule has 2 aliphatic rings. The highest BCUT2D eigenvalue weighted by Crippen LogP contribution is 2.50. The molecular formula is C15H21BO5P2. The third-order valence-corrected chi connectivity index (χ3v) is 5.24. The van der Waals surface area contributed by atoms with Crippen LogP contribution in [-0.4, -0.2) is 37.3 Å². The lowest BCUT2D eigenvalue weighted by Gasteiger charge is -2.22. The Morgan fingerprint density at radius 3 is 2.87 bits per heavy atom. The van der Waals surface area contributed by atoms with Crippen LogP contribution in [0.25, 0.3) is 0 Å². The molecule has 1 saturated carbocycles. The molecule has 1 aliphatic carbocycles. The van der Waals surface area contributed by atoms with Gasteiger partial charge in [0.05, 0.1) is 12.5 Å². The summed E-state index contributed by atoms with van der Waals surface area (Å²) in [5.41, 5.74) is 0. The maximum atomic E-state index is 11.9. The third kappa shape index (κ3) is 5.21. The van der Waals surface area contributed by atoms with E-state index in [2.05, 4.69) is 8.93 Å². The second-order valence-corrected chi connectivity index (χ2v) is 8.39. The molecule has 1 saturated heterocycles. The second-order valence-electron chi connectivity index (χ2n) is 5.93. The standard InChI is InChI=1S/C15H21BO5P2/c1-2-9(17)3-4-10(18)5-6-11-12-7-15(19)20-13(12)8-14(11)21-23(16)22/h5-6,11-14H,2-4,7-8,22H2,1H3/b6-5+/t11?,12?,13-,14-,23?/m0/s1. The van der Waals surface area contributed by atoms with Crippen molar-refractivity contribution in [2.45, 2.75) is 51.2 Å². The minimum absolute atomic E-state index is 0.0359. The monoisotopic (exact) mass is 354 g/mol. The van der Waals surface area contributed by atoms with Crippen molar-refractivity contribution >= 4 is 41.7 Å². The van der Waals surface area contributed by atoms with Crippen molar-refractivity contribution in [3.8, 4) is 0 Å². The number of hydrogen-bond donors (Lipinski definition) is 0. The molecule has 4 unspecified atom stereocenters. The van der Waals surface area contributed by atoms with Crippen LogP contribution in [0.5, 0.6) is 0 Å². The van der Waals surface area contributed by atoms with Crippen LogP contribution in [0.4, 0.5) is 0 Å². The van der Waals surface area contributed by atoms with Gasteiger partial charge >= 0.3 is 5.97 Å². The molecule has 2 rings (SSSR count). The highest BCUT2D eigenvalue weighted by Gasteiger charge is 2.49. The fourth-order valence-electron chi connectivity index (χ4n) is 3.17. The molecule has 0 aromatic carbocycles. The zero-order valence-corrected chi connectivity index (χ0v) is 15.2. The minimum Gasteiger partial charge on any atom is -0.462 e. The Morgan fingerprint density at radius 1 is 1.48 bits per heavy atom. The van der Waals surface area contributed by atoms with Crippen LogP contribution in [0.15, 0.2) is 12.2 Å². The number of carbonyl (C=O) groups is 3. The quantitative estimate of drug-likeness (QED) is 0.290. The smallest absolute Gasteiger partial charge is 0.306 e. The van der Waals surface area contributed by atoms with Gasteiger partial charge in [-0.15, -0.1) is 0 Å². The maximum absolute atomic E-state index is 11.9. The van der Waals surface area contributed by atoms with Gasteiger partial charge in [0.15, 0.2) is 13.3 Å². The maximum Gasteiger partial charge on any atom is 0.306 e. The summed E-state index contributed by atoms with van der Waals surface area (Å²) in [7, 11) is 7.07. The first-order chi connectivity index (χ1) is 10.9. The molecule has 2 fully saturated rings. The van der Waals surface area contributed by atoms with Gasteiger partial charge < -0.3 is 9.26 Å². The molecule has 23 heavy (non-hydrogen) atoms. The van der Waals surface area contributed by atoms with Gasteiger partial charge in [-0.1, -0.05) is 21.9 Å². The number of ketones is 2. The Bertz CT molecular complexity index is 508. The summed E-state index contributed by atoms with van der Waals surface area (Å²) in [5, 5.41) is 0. The molecule has 0 aromatic heterocycles. The predicted octanol–water partition coefficient (Wildman–Crippen LogP) is 2.48. The van der Waals surface area contributed by atoms with E-state index < -0.39 is 7.72 Å². The SMILES string of the molecule is [B]P(P)O[C@H]1C[C@@H]2OC(=O)CC2C1/C=C/C(=O)CCC(=O)CC. The van der Waals surface area contributed by atoms with Gasteiger partial charge in [0.25, 0.3) is 0 Å². The fourth-order valence-corrected chi connectivity index (χ4v) is 4.18. The van der Waals surface area contributed by atoms with Crippen LogP contribution in [0, 0.1) is 11.8 Å². The average Bonchev–Trinajstić information content (AvgIpc) is 2.97. The Labute approximate surface area is 141 Å². The zero-order valence-electron chi connectivity index (χ0n) is 13.1. The molecule has 0 spiro atoms. The first-order valence-corrected chi connectivity index (χ1v) is 10.7. The van der Waals surface area contributed by atoms with E-state index in [1.807, 2.05) is 0 Å². The normalized spacial score (nSPS) is 31.1. The van der Waals surface area contributed by atoms with Crippen molar-refractivity contribution < 1.29 is 23.6 Å². The summed E-state index contributed by atoms with van der Waals surface area (Å²) in [6.45, 7) is 1.79. The van der Waals surface area contributed by atoms with Gasteiger partial charge in [0.2, 0.25) is 0 Å². The van der Waals surface area contributed by atoms with Crippen molar-refractivity contribution in [2.75, 3.05) is 0 Å². The fraction of sp³-hybridized carbons (Fsp3) is 0.667.